The van der Waals surface area contributed by atoms with Crippen LogP contribution in [-0.2, 0) is 4.79 Å². The van der Waals surface area contributed by atoms with Crippen LogP contribution in [0.4, 0.5) is 11.4 Å². The quantitative estimate of drug-likeness (QED) is 0.250. The van der Waals surface area contributed by atoms with Crippen LogP contribution in [0.1, 0.15) is 19.8 Å². The van der Waals surface area contributed by atoms with E-state index in [4.69, 9.17) is 10.00 Å². The SMILES string of the molecule is CCCCNC(=O)/C(C#N)=C\Nc1ccc([N+](=O)[O-])cc1OC. The highest BCUT2D eigenvalue weighted by atomic mass is 16.6. The van der Waals surface area contributed by atoms with Crippen LogP contribution in [0.25, 0.3) is 0 Å². The molecule has 0 spiro atoms. The molecule has 23 heavy (non-hydrogen) atoms. The number of nitriles is 1. The number of nitrogens with one attached hydrogen (secondary N) is 2. The van der Waals surface area contributed by atoms with Crippen molar-refractivity contribution in [2.75, 3.05) is 19.0 Å². The maximum Gasteiger partial charge on any atom is 0.273 e. The average molecular weight is 318 g/mol. The fraction of sp³-hybridized carbons (Fsp3) is 0.333. The normalized spacial score (nSPS) is 10.6. The second kappa shape index (κ2) is 9.04. The third-order valence-electron chi connectivity index (χ3n) is 2.95. The number of hydrogen-bond acceptors (Lipinski definition) is 6. The standard InChI is InChI=1S/C15H18N4O4/c1-3-4-7-17-15(20)11(9-16)10-18-13-6-5-12(19(21)22)8-14(13)23-2/h5-6,8,10,18H,3-4,7H2,1-2H3,(H,17,20)/b11-10-. The van der Waals surface area contributed by atoms with Crippen molar-refractivity contribution in [2.24, 2.45) is 0 Å². The van der Waals surface area contributed by atoms with E-state index >= 15 is 0 Å². The summed E-state index contributed by atoms with van der Waals surface area (Å²) in [5.74, 6) is -0.242. The molecule has 122 valence electrons. The highest BCUT2D eigenvalue weighted by Crippen LogP contribution is 2.29. The van der Waals surface area contributed by atoms with Gasteiger partial charge in [-0.2, -0.15) is 5.26 Å². The van der Waals surface area contributed by atoms with Crippen LogP contribution in [0, 0.1) is 21.4 Å². The predicted octanol–water partition coefficient (Wildman–Crippen LogP) is 2.34. The number of non-ortho nitro benzene ring substituents is 1. The van der Waals surface area contributed by atoms with E-state index in [1.807, 2.05) is 6.92 Å². The number of nitro groups is 1. The van der Waals surface area contributed by atoms with E-state index in [1.54, 1.807) is 6.07 Å². The van der Waals surface area contributed by atoms with Gasteiger partial charge in [0, 0.05) is 18.8 Å². The van der Waals surface area contributed by atoms with Gasteiger partial charge in [0.1, 0.15) is 17.4 Å². The first kappa shape index (κ1) is 18.0. The molecule has 0 saturated heterocycles. The monoisotopic (exact) mass is 318 g/mol. The van der Waals surface area contributed by atoms with E-state index in [9.17, 15) is 14.9 Å². The summed E-state index contributed by atoms with van der Waals surface area (Å²) in [6.45, 7) is 2.49. The van der Waals surface area contributed by atoms with Crippen molar-refractivity contribution in [3.05, 3.63) is 40.1 Å². The molecule has 0 heterocycles. The summed E-state index contributed by atoms with van der Waals surface area (Å²) < 4.78 is 5.06. The molecule has 0 unspecified atom stereocenters. The molecule has 1 aromatic carbocycles. The van der Waals surface area contributed by atoms with Crippen molar-refractivity contribution in [1.29, 1.82) is 5.26 Å². The molecule has 0 aliphatic carbocycles. The second-order valence-corrected chi connectivity index (χ2v) is 4.57. The second-order valence-electron chi connectivity index (χ2n) is 4.57. The summed E-state index contributed by atoms with van der Waals surface area (Å²) in [6.07, 6.45) is 3.00. The number of carbonyl (C=O) groups excluding carboxylic acids is 1. The van der Waals surface area contributed by atoms with Crippen LogP contribution < -0.4 is 15.4 Å². The number of methoxy groups -OCH3 is 1. The number of carbonyl (C=O) groups is 1. The molecule has 0 fully saturated rings. The minimum atomic E-state index is -0.538. The number of anilines is 1. The van der Waals surface area contributed by atoms with Gasteiger partial charge in [-0.25, -0.2) is 0 Å². The number of hydrogen-bond donors (Lipinski definition) is 2. The molecule has 1 amide bonds. The Balaban J connectivity index is 2.87. The number of amides is 1. The van der Waals surface area contributed by atoms with Gasteiger partial charge < -0.3 is 15.4 Å². The Kier molecular flexibility index (Phi) is 7.07. The number of nitrogens with zero attached hydrogens (tertiary/aromatic N) is 2. The first-order valence-electron chi connectivity index (χ1n) is 7.00. The van der Waals surface area contributed by atoms with Crippen molar-refractivity contribution in [2.45, 2.75) is 19.8 Å². The lowest BCUT2D eigenvalue weighted by molar-refractivity contribution is -0.384. The van der Waals surface area contributed by atoms with Crippen molar-refractivity contribution in [3.8, 4) is 11.8 Å². The molecule has 0 aliphatic heterocycles. The fourth-order valence-electron chi connectivity index (χ4n) is 1.69. The summed E-state index contributed by atoms with van der Waals surface area (Å²) in [6, 6.07) is 5.80. The molecular formula is C15H18N4O4. The Hall–Kier alpha value is -3.08. The van der Waals surface area contributed by atoms with Gasteiger partial charge >= 0.3 is 0 Å². The van der Waals surface area contributed by atoms with Crippen LogP contribution >= 0.6 is 0 Å². The van der Waals surface area contributed by atoms with Crippen LogP contribution in [-0.4, -0.2) is 24.5 Å². The van der Waals surface area contributed by atoms with Gasteiger partial charge in [-0.1, -0.05) is 13.3 Å². The molecule has 2 N–H and O–H groups in total. The zero-order chi connectivity index (χ0) is 17.2. The maximum atomic E-state index is 11.8. The first-order valence-corrected chi connectivity index (χ1v) is 7.00. The van der Waals surface area contributed by atoms with Crippen molar-refractivity contribution in [1.82, 2.24) is 5.32 Å². The molecule has 0 atom stereocenters. The van der Waals surface area contributed by atoms with Crippen LogP contribution in [0.2, 0.25) is 0 Å². The van der Waals surface area contributed by atoms with Gasteiger partial charge in [-0.15, -0.1) is 0 Å². The van der Waals surface area contributed by atoms with E-state index < -0.39 is 10.8 Å². The predicted molar refractivity (Wildman–Crippen MR) is 84.9 cm³/mol. The summed E-state index contributed by atoms with van der Waals surface area (Å²) in [5.41, 5.74) is 0.197. The topological polar surface area (TPSA) is 117 Å². The van der Waals surface area contributed by atoms with Crippen molar-refractivity contribution >= 4 is 17.3 Å². The summed E-state index contributed by atoms with van der Waals surface area (Å²) in [7, 11) is 1.37. The molecule has 1 rings (SSSR count). The number of rotatable bonds is 8. The Morgan fingerprint density at radius 2 is 2.26 bits per heavy atom. The fourth-order valence-corrected chi connectivity index (χ4v) is 1.69. The lowest BCUT2D eigenvalue weighted by atomic mass is 10.2. The lowest BCUT2D eigenvalue weighted by Crippen LogP contribution is -2.25. The van der Waals surface area contributed by atoms with E-state index in [1.165, 1.54) is 31.5 Å². The van der Waals surface area contributed by atoms with Gasteiger partial charge in [0.25, 0.3) is 11.6 Å². The molecule has 0 aliphatic rings. The van der Waals surface area contributed by atoms with Crippen LogP contribution in [0.5, 0.6) is 5.75 Å². The smallest absolute Gasteiger partial charge is 0.273 e. The molecule has 8 heteroatoms. The maximum absolute atomic E-state index is 11.8. The minimum Gasteiger partial charge on any atom is -0.494 e. The molecule has 0 bridgehead atoms. The average Bonchev–Trinajstić information content (AvgIpc) is 2.55. The van der Waals surface area contributed by atoms with Gasteiger partial charge in [0.2, 0.25) is 0 Å². The van der Waals surface area contributed by atoms with Crippen molar-refractivity contribution in [3.63, 3.8) is 0 Å². The Morgan fingerprint density at radius 3 is 2.83 bits per heavy atom. The van der Waals surface area contributed by atoms with Gasteiger partial charge in [0.05, 0.1) is 23.8 Å². The largest absolute Gasteiger partial charge is 0.494 e. The Bertz CT molecular complexity index is 649. The zero-order valence-electron chi connectivity index (χ0n) is 13.0. The van der Waals surface area contributed by atoms with Crippen LogP contribution in [0.3, 0.4) is 0 Å². The number of benzene rings is 1. The third kappa shape index (κ3) is 5.32. The Morgan fingerprint density at radius 1 is 1.52 bits per heavy atom. The summed E-state index contributed by atoms with van der Waals surface area (Å²) in [4.78, 5) is 22.0. The molecule has 1 aromatic rings. The third-order valence-corrected chi connectivity index (χ3v) is 2.95. The highest BCUT2D eigenvalue weighted by molar-refractivity contribution is 5.97. The van der Waals surface area contributed by atoms with Gasteiger partial charge in [0.15, 0.2) is 0 Å². The summed E-state index contributed by atoms with van der Waals surface area (Å²) in [5, 5.41) is 25.2. The van der Waals surface area contributed by atoms with E-state index in [0.29, 0.717) is 12.2 Å². The zero-order valence-corrected chi connectivity index (χ0v) is 13.0. The molecule has 0 radical (unpaired) electrons. The van der Waals surface area contributed by atoms with E-state index in [-0.39, 0.29) is 17.0 Å². The van der Waals surface area contributed by atoms with E-state index in [0.717, 1.165) is 12.8 Å². The van der Waals surface area contributed by atoms with Gasteiger partial charge in [-0.05, 0) is 12.5 Å². The minimum absolute atomic E-state index is 0.0958. The Labute approximate surface area is 133 Å². The van der Waals surface area contributed by atoms with Gasteiger partial charge in [-0.3, -0.25) is 14.9 Å². The molecule has 8 nitrogen and oxygen atoms in total. The lowest BCUT2D eigenvalue weighted by Gasteiger charge is -2.08. The van der Waals surface area contributed by atoms with Crippen molar-refractivity contribution < 1.29 is 14.5 Å². The number of unbranched alkanes of at least 4 members (excludes halogenated alkanes) is 1. The highest BCUT2D eigenvalue weighted by Gasteiger charge is 2.12. The van der Waals surface area contributed by atoms with E-state index in [2.05, 4.69) is 10.6 Å². The molecule has 0 aromatic heterocycles. The first-order chi connectivity index (χ1) is 11.0. The number of ether oxygens (including phenoxy) is 1. The van der Waals surface area contributed by atoms with Crippen LogP contribution in [0.15, 0.2) is 30.0 Å². The summed E-state index contributed by atoms with van der Waals surface area (Å²) >= 11 is 0. The number of nitro benzene ring substituents is 1. The molecular weight excluding hydrogens is 300 g/mol. The molecule has 0 saturated carbocycles.